The highest BCUT2D eigenvalue weighted by atomic mass is 32.2. The Labute approximate surface area is 121 Å². The molecule has 1 fully saturated rings. The number of amides is 1. The topological polar surface area (TPSA) is 93.6 Å². The summed E-state index contributed by atoms with van der Waals surface area (Å²) < 4.78 is 34.2. The van der Waals surface area contributed by atoms with Gasteiger partial charge in [-0.25, -0.2) is 8.42 Å². The molecule has 1 aliphatic rings. The summed E-state index contributed by atoms with van der Waals surface area (Å²) in [6, 6.07) is 4.80. The molecule has 3 heterocycles. The summed E-state index contributed by atoms with van der Waals surface area (Å²) >= 11 is 0. The van der Waals surface area contributed by atoms with E-state index in [0.29, 0.717) is 11.5 Å². The maximum atomic E-state index is 12.2. The second kappa shape index (κ2) is 5.03. The Kier molecular flexibility index (Phi) is 3.32. The van der Waals surface area contributed by atoms with Gasteiger partial charge in [-0.1, -0.05) is 5.16 Å². The average Bonchev–Trinajstić information content (AvgIpc) is 2.97. The Balaban J connectivity index is 1.61. The Bertz CT molecular complexity index is 741. The monoisotopic (exact) mass is 310 g/mol. The lowest BCUT2D eigenvalue weighted by Gasteiger charge is -2.37. The van der Waals surface area contributed by atoms with Crippen LogP contribution in [-0.4, -0.2) is 42.7 Å². The Morgan fingerprint density at radius 2 is 2.24 bits per heavy atom. The van der Waals surface area contributed by atoms with Crippen molar-refractivity contribution in [3.05, 3.63) is 41.7 Å². The smallest absolute Gasteiger partial charge is 0.276 e. The van der Waals surface area contributed by atoms with Crippen LogP contribution in [0.4, 0.5) is 0 Å². The van der Waals surface area contributed by atoms with E-state index in [-0.39, 0.29) is 30.4 Å². The van der Waals surface area contributed by atoms with Gasteiger partial charge >= 0.3 is 0 Å². The van der Waals surface area contributed by atoms with E-state index < -0.39 is 15.1 Å². The molecule has 0 radical (unpaired) electrons. The lowest BCUT2D eigenvalue weighted by Crippen LogP contribution is -2.57. The maximum Gasteiger partial charge on any atom is 0.276 e. The number of likely N-dealkylation sites (tertiary alicyclic amines) is 1. The van der Waals surface area contributed by atoms with E-state index in [9.17, 15) is 13.2 Å². The molecular weight excluding hydrogens is 296 g/mol. The predicted octanol–water partition coefficient (Wildman–Crippen LogP) is 1.02. The number of nitrogens with zero attached hydrogens (tertiary/aromatic N) is 2. The number of sulfone groups is 1. The molecule has 2 aromatic heterocycles. The third-order valence-corrected chi connectivity index (χ3v) is 5.41. The molecule has 21 heavy (non-hydrogen) atoms. The zero-order chi connectivity index (χ0) is 15.0. The second-order valence-corrected chi connectivity index (χ2v) is 7.32. The third-order valence-electron chi connectivity index (χ3n) is 3.41. The summed E-state index contributed by atoms with van der Waals surface area (Å²) in [4.78, 5) is 13.5. The van der Waals surface area contributed by atoms with Crippen LogP contribution in [0, 0.1) is 6.92 Å². The van der Waals surface area contributed by atoms with Gasteiger partial charge in [0, 0.05) is 19.2 Å². The lowest BCUT2D eigenvalue weighted by molar-refractivity contribution is 0.0648. The third kappa shape index (κ3) is 2.71. The van der Waals surface area contributed by atoms with E-state index in [1.54, 1.807) is 19.1 Å². The molecule has 0 unspecified atom stereocenters. The quantitative estimate of drug-likeness (QED) is 0.837. The van der Waals surface area contributed by atoms with Gasteiger partial charge in [-0.2, -0.15) is 0 Å². The van der Waals surface area contributed by atoms with Gasteiger partial charge in [0.1, 0.15) is 17.3 Å². The lowest BCUT2D eigenvalue weighted by atomic mass is 10.2. The Morgan fingerprint density at radius 1 is 1.48 bits per heavy atom. The largest absolute Gasteiger partial charge is 0.468 e. The first-order valence-corrected chi connectivity index (χ1v) is 8.14. The van der Waals surface area contributed by atoms with Crippen LogP contribution in [-0.2, 0) is 15.6 Å². The summed E-state index contributed by atoms with van der Waals surface area (Å²) in [6.45, 7) is 2.04. The number of rotatable bonds is 4. The van der Waals surface area contributed by atoms with E-state index in [0.717, 1.165) is 0 Å². The molecule has 1 amide bonds. The minimum Gasteiger partial charge on any atom is -0.468 e. The van der Waals surface area contributed by atoms with Gasteiger partial charge in [-0.15, -0.1) is 0 Å². The molecule has 0 aromatic carbocycles. The highest BCUT2D eigenvalue weighted by molar-refractivity contribution is 7.91. The molecule has 0 saturated carbocycles. The minimum absolute atomic E-state index is 0.143. The second-order valence-electron chi connectivity index (χ2n) is 5.04. The SMILES string of the molecule is Cc1cc(C(=O)N2CC(S(=O)(=O)Cc3ccco3)C2)no1. The number of hydrogen-bond donors (Lipinski definition) is 0. The van der Waals surface area contributed by atoms with E-state index in [1.165, 1.54) is 17.2 Å². The first-order chi connectivity index (χ1) is 9.95. The Hall–Kier alpha value is -2.09. The number of aromatic nitrogens is 1. The van der Waals surface area contributed by atoms with Crippen LogP contribution in [0.1, 0.15) is 22.0 Å². The number of furan rings is 1. The van der Waals surface area contributed by atoms with Crippen molar-refractivity contribution < 1.29 is 22.2 Å². The summed E-state index contributed by atoms with van der Waals surface area (Å²) in [5.41, 5.74) is 0.203. The van der Waals surface area contributed by atoms with Crippen LogP contribution in [0.3, 0.4) is 0 Å². The summed E-state index contributed by atoms with van der Waals surface area (Å²) in [6.07, 6.45) is 1.44. The van der Waals surface area contributed by atoms with Crippen LogP contribution in [0.5, 0.6) is 0 Å². The summed E-state index contributed by atoms with van der Waals surface area (Å²) in [5.74, 6) is 0.500. The van der Waals surface area contributed by atoms with E-state index >= 15 is 0 Å². The molecule has 3 rings (SSSR count). The molecule has 2 aromatic rings. The van der Waals surface area contributed by atoms with Crippen LogP contribution in [0.2, 0.25) is 0 Å². The fraction of sp³-hybridized carbons (Fsp3) is 0.385. The standard InChI is InChI=1S/C13H14N2O5S/c1-9-5-12(14-20-9)13(16)15-6-11(7-15)21(17,18)8-10-3-2-4-19-10/h2-5,11H,6-8H2,1H3. The molecule has 0 spiro atoms. The maximum absolute atomic E-state index is 12.2. The van der Waals surface area contributed by atoms with Gasteiger partial charge in [0.25, 0.3) is 5.91 Å². The van der Waals surface area contributed by atoms with Crippen LogP contribution < -0.4 is 0 Å². The van der Waals surface area contributed by atoms with Crippen molar-refractivity contribution in [2.45, 2.75) is 17.9 Å². The van der Waals surface area contributed by atoms with E-state index in [1.807, 2.05) is 0 Å². The van der Waals surface area contributed by atoms with Gasteiger partial charge in [-0.3, -0.25) is 4.79 Å². The van der Waals surface area contributed by atoms with Crippen molar-refractivity contribution in [3.8, 4) is 0 Å². The number of hydrogen-bond acceptors (Lipinski definition) is 6. The Morgan fingerprint density at radius 3 is 2.81 bits per heavy atom. The molecular formula is C13H14N2O5S. The number of aryl methyl sites for hydroxylation is 1. The zero-order valence-corrected chi connectivity index (χ0v) is 12.2. The molecule has 7 nitrogen and oxygen atoms in total. The van der Waals surface area contributed by atoms with Crippen molar-refractivity contribution in [1.82, 2.24) is 10.1 Å². The molecule has 112 valence electrons. The predicted molar refractivity (Wildman–Crippen MR) is 72.3 cm³/mol. The van der Waals surface area contributed by atoms with Crippen molar-refractivity contribution in [2.75, 3.05) is 13.1 Å². The molecule has 0 atom stereocenters. The van der Waals surface area contributed by atoms with Crippen molar-refractivity contribution in [1.29, 1.82) is 0 Å². The van der Waals surface area contributed by atoms with Gasteiger partial charge in [0.15, 0.2) is 15.5 Å². The fourth-order valence-corrected chi connectivity index (χ4v) is 3.78. The van der Waals surface area contributed by atoms with Gasteiger partial charge < -0.3 is 13.8 Å². The van der Waals surface area contributed by atoms with E-state index in [4.69, 9.17) is 8.94 Å². The fourth-order valence-electron chi connectivity index (χ4n) is 2.17. The van der Waals surface area contributed by atoms with Gasteiger partial charge in [-0.05, 0) is 19.1 Å². The number of carbonyl (C=O) groups excluding carboxylic acids is 1. The first-order valence-electron chi connectivity index (χ1n) is 6.42. The molecule has 1 saturated heterocycles. The summed E-state index contributed by atoms with van der Waals surface area (Å²) in [5, 5.41) is 3.08. The molecule has 0 bridgehead atoms. The van der Waals surface area contributed by atoms with Gasteiger partial charge in [0.2, 0.25) is 0 Å². The molecule has 0 aliphatic carbocycles. The van der Waals surface area contributed by atoms with Crippen molar-refractivity contribution >= 4 is 15.7 Å². The molecule has 1 aliphatic heterocycles. The summed E-state index contributed by atoms with van der Waals surface area (Å²) in [7, 11) is -3.32. The molecule has 0 N–H and O–H groups in total. The van der Waals surface area contributed by atoms with Crippen LogP contribution in [0.25, 0.3) is 0 Å². The van der Waals surface area contributed by atoms with Crippen LogP contribution in [0.15, 0.2) is 33.4 Å². The highest BCUT2D eigenvalue weighted by Gasteiger charge is 2.40. The normalized spacial score (nSPS) is 16.0. The minimum atomic E-state index is -3.32. The molecule has 8 heteroatoms. The first kappa shape index (κ1) is 13.9. The van der Waals surface area contributed by atoms with Crippen LogP contribution >= 0.6 is 0 Å². The number of carbonyl (C=O) groups is 1. The van der Waals surface area contributed by atoms with Crippen molar-refractivity contribution in [2.24, 2.45) is 0 Å². The van der Waals surface area contributed by atoms with Crippen molar-refractivity contribution in [3.63, 3.8) is 0 Å². The highest BCUT2D eigenvalue weighted by Crippen LogP contribution is 2.22. The zero-order valence-electron chi connectivity index (χ0n) is 11.4. The average molecular weight is 310 g/mol. The van der Waals surface area contributed by atoms with Gasteiger partial charge in [0.05, 0.1) is 11.5 Å². The van der Waals surface area contributed by atoms with E-state index in [2.05, 4.69) is 5.16 Å².